The average molecular weight is 356 g/mol. The fourth-order valence-electron chi connectivity index (χ4n) is 3.09. The van der Waals surface area contributed by atoms with Gasteiger partial charge in [-0.25, -0.2) is 14.7 Å². The van der Waals surface area contributed by atoms with Gasteiger partial charge < -0.3 is 4.74 Å². The number of amides is 1. The molecular formula is C18H14ClN3O3. The van der Waals surface area contributed by atoms with Crippen LogP contribution in [0.2, 0.25) is 0 Å². The van der Waals surface area contributed by atoms with Crippen molar-refractivity contribution in [1.29, 1.82) is 0 Å². The van der Waals surface area contributed by atoms with Gasteiger partial charge in [-0.2, -0.15) is 0 Å². The average Bonchev–Trinajstić information content (AvgIpc) is 2.66. The molecule has 1 saturated heterocycles. The third kappa shape index (κ3) is 2.29. The number of hydrogen-bond donors (Lipinski definition) is 0. The SMILES string of the molecule is COc1ccccc1C1C(Cl)C(=O)N1n1cnc2ccccc2c1=O. The van der Waals surface area contributed by atoms with Crippen LogP contribution < -0.4 is 15.3 Å². The number of ether oxygens (including phenoxy) is 1. The second-order valence-electron chi connectivity index (χ2n) is 5.68. The van der Waals surface area contributed by atoms with Crippen LogP contribution >= 0.6 is 11.6 Å². The molecule has 126 valence electrons. The number of aromatic nitrogens is 2. The van der Waals surface area contributed by atoms with Gasteiger partial charge >= 0.3 is 0 Å². The van der Waals surface area contributed by atoms with E-state index in [0.717, 1.165) is 5.56 Å². The fourth-order valence-corrected chi connectivity index (χ4v) is 3.44. The maximum atomic E-state index is 12.8. The van der Waals surface area contributed by atoms with Gasteiger partial charge in [-0.1, -0.05) is 30.3 Å². The van der Waals surface area contributed by atoms with Crippen molar-refractivity contribution in [1.82, 2.24) is 9.66 Å². The molecule has 1 amide bonds. The summed E-state index contributed by atoms with van der Waals surface area (Å²) >= 11 is 6.26. The van der Waals surface area contributed by atoms with E-state index in [1.807, 2.05) is 18.2 Å². The summed E-state index contributed by atoms with van der Waals surface area (Å²) < 4.78 is 6.59. The Morgan fingerprint density at radius 2 is 1.80 bits per heavy atom. The van der Waals surface area contributed by atoms with Gasteiger partial charge in [0.1, 0.15) is 23.5 Å². The minimum Gasteiger partial charge on any atom is -0.496 e. The van der Waals surface area contributed by atoms with E-state index < -0.39 is 11.4 Å². The molecule has 7 heteroatoms. The minimum atomic E-state index is -0.769. The molecule has 25 heavy (non-hydrogen) atoms. The predicted molar refractivity (Wildman–Crippen MR) is 94.6 cm³/mol. The van der Waals surface area contributed by atoms with E-state index in [1.165, 1.54) is 16.0 Å². The number of methoxy groups -OCH3 is 1. The first-order valence-electron chi connectivity index (χ1n) is 7.70. The highest BCUT2D eigenvalue weighted by molar-refractivity contribution is 6.36. The van der Waals surface area contributed by atoms with E-state index in [-0.39, 0.29) is 11.5 Å². The monoisotopic (exact) mass is 355 g/mol. The Morgan fingerprint density at radius 1 is 1.08 bits per heavy atom. The van der Waals surface area contributed by atoms with Gasteiger partial charge in [0.2, 0.25) is 0 Å². The number of para-hydroxylation sites is 2. The third-order valence-electron chi connectivity index (χ3n) is 4.34. The number of benzene rings is 2. The van der Waals surface area contributed by atoms with Crippen molar-refractivity contribution < 1.29 is 9.53 Å². The highest BCUT2D eigenvalue weighted by Crippen LogP contribution is 2.40. The van der Waals surface area contributed by atoms with Gasteiger partial charge in [0.15, 0.2) is 0 Å². The molecule has 2 aromatic carbocycles. The Labute approximate surface area is 148 Å². The highest BCUT2D eigenvalue weighted by Gasteiger charge is 2.50. The van der Waals surface area contributed by atoms with E-state index in [4.69, 9.17) is 16.3 Å². The molecule has 0 spiro atoms. The number of halogens is 1. The normalized spacial score (nSPS) is 19.8. The number of fused-ring (bicyclic) bond motifs is 1. The number of alkyl halides is 1. The lowest BCUT2D eigenvalue weighted by atomic mass is 9.94. The van der Waals surface area contributed by atoms with Crippen LogP contribution in [-0.4, -0.2) is 28.1 Å². The van der Waals surface area contributed by atoms with Crippen LogP contribution in [0.25, 0.3) is 10.9 Å². The van der Waals surface area contributed by atoms with Crippen molar-refractivity contribution in [2.75, 3.05) is 12.1 Å². The van der Waals surface area contributed by atoms with Crippen LogP contribution in [0, 0.1) is 0 Å². The number of nitrogens with zero attached hydrogens (tertiary/aromatic N) is 3. The summed E-state index contributed by atoms with van der Waals surface area (Å²) in [7, 11) is 1.55. The first kappa shape index (κ1) is 15.7. The molecule has 4 rings (SSSR count). The zero-order valence-corrected chi connectivity index (χ0v) is 14.1. The van der Waals surface area contributed by atoms with Crippen LogP contribution in [0.5, 0.6) is 5.75 Å². The van der Waals surface area contributed by atoms with E-state index in [2.05, 4.69) is 4.98 Å². The largest absolute Gasteiger partial charge is 0.496 e. The molecule has 0 N–H and O–H groups in total. The second kappa shape index (κ2) is 5.89. The van der Waals surface area contributed by atoms with E-state index >= 15 is 0 Å². The van der Waals surface area contributed by atoms with E-state index in [1.54, 1.807) is 37.4 Å². The quantitative estimate of drug-likeness (QED) is 0.534. The van der Waals surface area contributed by atoms with Crippen LogP contribution in [0.15, 0.2) is 59.7 Å². The van der Waals surface area contributed by atoms with Gasteiger partial charge in [-0.05, 0) is 18.2 Å². The summed E-state index contributed by atoms with van der Waals surface area (Å²) in [5.41, 5.74) is 1.00. The lowest BCUT2D eigenvalue weighted by molar-refractivity contribution is -0.126. The van der Waals surface area contributed by atoms with Gasteiger partial charge in [0.25, 0.3) is 11.5 Å². The molecule has 1 aliphatic heterocycles. The van der Waals surface area contributed by atoms with Crippen LogP contribution in [0.3, 0.4) is 0 Å². The zero-order chi connectivity index (χ0) is 17.6. The van der Waals surface area contributed by atoms with Crippen molar-refractivity contribution in [3.05, 3.63) is 70.8 Å². The van der Waals surface area contributed by atoms with Gasteiger partial charge in [0.05, 0.1) is 18.0 Å². The van der Waals surface area contributed by atoms with Crippen LogP contribution in [0.1, 0.15) is 11.6 Å². The molecule has 1 aliphatic rings. The smallest absolute Gasteiger partial charge is 0.280 e. The molecule has 0 aliphatic carbocycles. The first-order valence-corrected chi connectivity index (χ1v) is 8.14. The Morgan fingerprint density at radius 3 is 2.60 bits per heavy atom. The number of carbonyl (C=O) groups is 1. The molecule has 3 aromatic rings. The summed E-state index contributed by atoms with van der Waals surface area (Å²) in [5, 5.41) is 1.00. The first-order chi connectivity index (χ1) is 12.1. The maximum Gasteiger partial charge on any atom is 0.280 e. The van der Waals surface area contributed by atoms with Crippen molar-refractivity contribution >= 4 is 28.4 Å². The predicted octanol–water partition coefficient (Wildman–Crippen LogP) is 2.23. The summed E-state index contributed by atoms with van der Waals surface area (Å²) in [5.74, 6) is 0.259. The summed E-state index contributed by atoms with van der Waals surface area (Å²) in [6.07, 6.45) is 1.35. The molecule has 2 heterocycles. The fraction of sp³-hybridized carbons (Fsp3) is 0.167. The molecular weight excluding hydrogens is 342 g/mol. The standard InChI is InChI=1S/C18H14ClN3O3/c1-25-14-9-5-3-7-12(14)16-15(19)18(24)22(16)21-10-20-13-8-4-2-6-11(13)17(21)23/h2-10,15-16H,1H3. The Bertz CT molecular complexity index is 1030. The van der Waals surface area contributed by atoms with Crippen molar-refractivity contribution in [3.63, 3.8) is 0 Å². The van der Waals surface area contributed by atoms with Crippen molar-refractivity contribution in [2.24, 2.45) is 0 Å². The number of β-lactam (4-membered cyclic amide) rings is 1. The molecule has 1 aromatic heterocycles. The minimum absolute atomic E-state index is 0.317. The van der Waals surface area contributed by atoms with Crippen LogP contribution in [-0.2, 0) is 4.79 Å². The molecule has 1 fully saturated rings. The molecule has 2 atom stereocenters. The van der Waals surface area contributed by atoms with Gasteiger partial charge in [-0.15, -0.1) is 11.6 Å². The highest BCUT2D eigenvalue weighted by atomic mass is 35.5. The molecule has 0 radical (unpaired) electrons. The van der Waals surface area contributed by atoms with E-state index in [0.29, 0.717) is 16.7 Å². The Hall–Kier alpha value is -2.86. The van der Waals surface area contributed by atoms with Gasteiger partial charge in [0, 0.05) is 5.56 Å². The second-order valence-corrected chi connectivity index (χ2v) is 6.15. The maximum absolute atomic E-state index is 12.8. The molecule has 2 unspecified atom stereocenters. The lowest BCUT2D eigenvalue weighted by Crippen LogP contribution is -2.64. The van der Waals surface area contributed by atoms with Gasteiger partial charge in [-0.3, -0.25) is 9.59 Å². The summed E-state index contributed by atoms with van der Waals surface area (Å²) in [6.45, 7) is 0. The third-order valence-corrected chi connectivity index (χ3v) is 4.77. The van der Waals surface area contributed by atoms with Crippen molar-refractivity contribution in [2.45, 2.75) is 11.4 Å². The molecule has 6 nitrogen and oxygen atoms in total. The summed E-state index contributed by atoms with van der Waals surface area (Å²) in [6, 6.07) is 13.8. The Balaban J connectivity index is 1.85. The van der Waals surface area contributed by atoms with E-state index in [9.17, 15) is 9.59 Å². The Kier molecular flexibility index (Phi) is 3.69. The molecule has 0 saturated carbocycles. The van der Waals surface area contributed by atoms with Crippen LogP contribution in [0.4, 0.5) is 0 Å². The number of carbonyl (C=O) groups excluding carboxylic acids is 1. The number of hydrogen-bond acceptors (Lipinski definition) is 4. The lowest BCUT2D eigenvalue weighted by Gasteiger charge is -2.44. The zero-order valence-electron chi connectivity index (χ0n) is 13.3. The van der Waals surface area contributed by atoms with Crippen molar-refractivity contribution in [3.8, 4) is 5.75 Å². The summed E-state index contributed by atoms with van der Waals surface area (Å²) in [4.78, 5) is 29.5. The number of rotatable bonds is 3. The molecule has 0 bridgehead atoms. The topological polar surface area (TPSA) is 64.4 Å².